The van der Waals surface area contributed by atoms with Gasteiger partial charge in [-0.1, -0.05) is 12.1 Å². The van der Waals surface area contributed by atoms with Crippen LogP contribution in [0.5, 0.6) is 17.2 Å². The third-order valence-electron chi connectivity index (χ3n) is 3.03. The molecule has 2 aromatic carbocycles. The number of hydrogen-bond donors (Lipinski definition) is 1. The number of hydrogen-bond acceptors (Lipinski definition) is 3. The van der Waals surface area contributed by atoms with E-state index >= 15 is 0 Å². The Labute approximate surface area is 117 Å². The van der Waals surface area contributed by atoms with E-state index in [-0.39, 0.29) is 5.82 Å². The number of aliphatic hydroxyl groups excluding tert-OH is 1. The maximum absolute atomic E-state index is 13.3. The standard InChI is InChI=1S/C16H17FO3/c1-10-7-8-12(17)9-15(10)20-14-6-4-5-13(19-3)16(14)11(2)18/h4-9,11,18H,1-3H3/t11-/m1/s1. The Hall–Kier alpha value is -2.07. The van der Waals surface area contributed by atoms with Crippen LogP contribution in [0, 0.1) is 12.7 Å². The molecule has 0 heterocycles. The molecule has 4 heteroatoms. The van der Waals surface area contributed by atoms with Crippen LogP contribution >= 0.6 is 0 Å². The lowest BCUT2D eigenvalue weighted by Gasteiger charge is -2.17. The summed E-state index contributed by atoms with van der Waals surface area (Å²) >= 11 is 0. The Balaban J connectivity index is 2.45. The summed E-state index contributed by atoms with van der Waals surface area (Å²) < 4.78 is 24.3. The fraction of sp³-hybridized carbons (Fsp3) is 0.250. The maximum Gasteiger partial charge on any atom is 0.136 e. The number of methoxy groups -OCH3 is 1. The average Bonchev–Trinajstić information content (AvgIpc) is 2.42. The molecule has 0 saturated carbocycles. The van der Waals surface area contributed by atoms with Crippen LogP contribution in [-0.2, 0) is 0 Å². The molecule has 0 fully saturated rings. The van der Waals surface area contributed by atoms with Gasteiger partial charge in [-0.25, -0.2) is 4.39 Å². The maximum atomic E-state index is 13.3. The van der Waals surface area contributed by atoms with Crippen LogP contribution < -0.4 is 9.47 Å². The van der Waals surface area contributed by atoms with Crippen molar-refractivity contribution in [3.8, 4) is 17.2 Å². The number of aryl methyl sites for hydroxylation is 1. The monoisotopic (exact) mass is 276 g/mol. The van der Waals surface area contributed by atoms with Gasteiger partial charge in [-0.05, 0) is 37.6 Å². The van der Waals surface area contributed by atoms with Gasteiger partial charge in [0.05, 0.1) is 18.8 Å². The zero-order valence-corrected chi connectivity index (χ0v) is 11.7. The Morgan fingerprint density at radius 3 is 2.45 bits per heavy atom. The minimum atomic E-state index is -0.755. The number of ether oxygens (including phenoxy) is 2. The van der Waals surface area contributed by atoms with Gasteiger partial charge in [-0.15, -0.1) is 0 Å². The Kier molecular flexibility index (Phi) is 4.25. The highest BCUT2D eigenvalue weighted by Gasteiger charge is 2.16. The molecule has 1 atom stereocenters. The largest absolute Gasteiger partial charge is 0.496 e. The molecule has 20 heavy (non-hydrogen) atoms. The summed E-state index contributed by atoms with van der Waals surface area (Å²) in [7, 11) is 1.53. The summed E-state index contributed by atoms with van der Waals surface area (Å²) in [4.78, 5) is 0. The molecule has 0 bridgehead atoms. The first-order valence-corrected chi connectivity index (χ1v) is 6.32. The van der Waals surface area contributed by atoms with E-state index in [0.29, 0.717) is 22.8 Å². The number of halogens is 1. The van der Waals surface area contributed by atoms with Gasteiger partial charge >= 0.3 is 0 Å². The zero-order valence-electron chi connectivity index (χ0n) is 11.7. The molecule has 0 radical (unpaired) electrons. The molecule has 0 aliphatic heterocycles. The predicted molar refractivity (Wildman–Crippen MR) is 74.8 cm³/mol. The summed E-state index contributed by atoms with van der Waals surface area (Å²) in [5.74, 6) is 1.03. The lowest BCUT2D eigenvalue weighted by Crippen LogP contribution is -2.00. The smallest absolute Gasteiger partial charge is 0.136 e. The predicted octanol–water partition coefficient (Wildman–Crippen LogP) is 3.99. The second kappa shape index (κ2) is 5.92. The second-order valence-electron chi connectivity index (χ2n) is 4.56. The van der Waals surface area contributed by atoms with E-state index in [4.69, 9.17) is 9.47 Å². The van der Waals surface area contributed by atoms with Crippen LogP contribution in [-0.4, -0.2) is 12.2 Å². The van der Waals surface area contributed by atoms with E-state index in [1.165, 1.54) is 19.2 Å². The first kappa shape index (κ1) is 14.3. The van der Waals surface area contributed by atoms with Gasteiger partial charge < -0.3 is 14.6 Å². The van der Waals surface area contributed by atoms with E-state index in [9.17, 15) is 9.50 Å². The van der Waals surface area contributed by atoms with Crippen molar-refractivity contribution in [2.75, 3.05) is 7.11 Å². The molecule has 2 rings (SSSR count). The number of rotatable bonds is 4. The topological polar surface area (TPSA) is 38.7 Å². The van der Waals surface area contributed by atoms with Crippen molar-refractivity contribution in [1.29, 1.82) is 0 Å². The molecule has 0 unspecified atom stereocenters. The summed E-state index contributed by atoms with van der Waals surface area (Å²) in [6.45, 7) is 3.46. The highest BCUT2D eigenvalue weighted by molar-refractivity contribution is 5.48. The van der Waals surface area contributed by atoms with Crippen LogP contribution in [0.25, 0.3) is 0 Å². The summed E-state index contributed by atoms with van der Waals surface area (Å²) in [5, 5.41) is 9.88. The van der Waals surface area contributed by atoms with Crippen molar-refractivity contribution in [1.82, 2.24) is 0 Å². The zero-order chi connectivity index (χ0) is 14.7. The van der Waals surface area contributed by atoms with Gasteiger partial charge in [0, 0.05) is 6.07 Å². The quantitative estimate of drug-likeness (QED) is 0.917. The van der Waals surface area contributed by atoms with E-state index in [1.807, 2.05) is 6.92 Å². The summed E-state index contributed by atoms with van der Waals surface area (Å²) in [5.41, 5.74) is 1.35. The number of aliphatic hydroxyl groups is 1. The van der Waals surface area contributed by atoms with Crippen LogP contribution in [0.15, 0.2) is 36.4 Å². The molecule has 1 N–H and O–H groups in total. The van der Waals surface area contributed by atoms with Gasteiger partial charge in [-0.2, -0.15) is 0 Å². The van der Waals surface area contributed by atoms with Gasteiger partial charge in [0.15, 0.2) is 0 Å². The van der Waals surface area contributed by atoms with E-state index in [1.54, 1.807) is 31.2 Å². The van der Waals surface area contributed by atoms with Crippen LogP contribution in [0.3, 0.4) is 0 Å². The third kappa shape index (κ3) is 2.91. The SMILES string of the molecule is COc1cccc(Oc2cc(F)ccc2C)c1[C@@H](C)O. The number of benzene rings is 2. The minimum Gasteiger partial charge on any atom is -0.496 e. The lowest BCUT2D eigenvalue weighted by atomic mass is 10.1. The Morgan fingerprint density at radius 1 is 1.10 bits per heavy atom. The highest BCUT2D eigenvalue weighted by atomic mass is 19.1. The van der Waals surface area contributed by atoms with Crippen molar-refractivity contribution < 1.29 is 19.0 Å². The normalized spacial score (nSPS) is 12.1. The second-order valence-corrected chi connectivity index (χ2v) is 4.56. The highest BCUT2D eigenvalue weighted by Crippen LogP contribution is 2.37. The van der Waals surface area contributed by atoms with Crippen LogP contribution in [0.2, 0.25) is 0 Å². The van der Waals surface area contributed by atoms with Crippen molar-refractivity contribution in [2.45, 2.75) is 20.0 Å². The summed E-state index contributed by atoms with van der Waals surface area (Å²) in [6.07, 6.45) is -0.755. The van der Waals surface area contributed by atoms with Crippen LogP contribution in [0.4, 0.5) is 4.39 Å². The Morgan fingerprint density at radius 2 is 1.80 bits per heavy atom. The fourth-order valence-electron chi connectivity index (χ4n) is 2.00. The van der Waals surface area contributed by atoms with Gasteiger partial charge in [-0.3, -0.25) is 0 Å². The van der Waals surface area contributed by atoms with E-state index in [2.05, 4.69) is 0 Å². The third-order valence-corrected chi connectivity index (χ3v) is 3.03. The van der Waals surface area contributed by atoms with Crippen molar-refractivity contribution >= 4 is 0 Å². The molecule has 2 aromatic rings. The lowest BCUT2D eigenvalue weighted by molar-refractivity contribution is 0.190. The van der Waals surface area contributed by atoms with Crippen molar-refractivity contribution in [2.24, 2.45) is 0 Å². The molecule has 0 aliphatic rings. The Bertz CT molecular complexity index is 609. The van der Waals surface area contributed by atoms with Gasteiger partial charge in [0.25, 0.3) is 0 Å². The van der Waals surface area contributed by atoms with Crippen molar-refractivity contribution in [3.05, 3.63) is 53.3 Å². The summed E-state index contributed by atoms with van der Waals surface area (Å²) in [6, 6.07) is 9.56. The van der Waals surface area contributed by atoms with E-state index < -0.39 is 6.10 Å². The molecule has 3 nitrogen and oxygen atoms in total. The van der Waals surface area contributed by atoms with Crippen LogP contribution in [0.1, 0.15) is 24.2 Å². The molecular formula is C16H17FO3. The van der Waals surface area contributed by atoms with Gasteiger partial charge in [0.1, 0.15) is 23.1 Å². The molecule has 0 amide bonds. The molecule has 0 spiro atoms. The van der Waals surface area contributed by atoms with E-state index in [0.717, 1.165) is 5.56 Å². The first-order valence-electron chi connectivity index (χ1n) is 6.32. The minimum absolute atomic E-state index is 0.368. The van der Waals surface area contributed by atoms with Gasteiger partial charge in [0.2, 0.25) is 0 Å². The molecule has 0 aromatic heterocycles. The average molecular weight is 276 g/mol. The fourth-order valence-corrected chi connectivity index (χ4v) is 2.00. The molecule has 0 saturated heterocycles. The van der Waals surface area contributed by atoms with Crippen molar-refractivity contribution in [3.63, 3.8) is 0 Å². The first-order chi connectivity index (χ1) is 9.52. The molecule has 0 aliphatic carbocycles. The molecule has 106 valence electrons. The molecular weight excluding hydrogens is 259 g/mol.